The Bertz CT molecular complexity index is 3880. The molecule has 0 spiro atoms. The van der Waals surface area contributed by atoms with Crippen LogP contribution in [0.4, 0.5) is 11.4 Å². The van der Waals surface area contributed by atoms with Gasteiger partial charge in [0.25, 0.3) is 23.6 Å². The van der Waals surface area contributed by atoms with E-state index in [2.05, 4.69) is 129 Å². The van der Waals surface area contributed by atoms with Crippen LogP contribution in [0.5, 0.6) is 0 Å². The summed E-state index contributed by atoms with van der Waals surface area (Å²) in [6, 6.07) is 48.9. The van der Waals surface area contributed by atoms with Crippen molar-refractivity contribution < 1.29 is 23.9 Å². The largest absolute Gasteiger partial charge is 0.381 e. The molecular formula is C70H70N8O5. The number of unbranched alkanes of at least 4 members (excludes halogenated alkanes) is 8. The third-order valence-corrected chi connectivity index (χ3v) is 16.7. The predicted octanol–water partition coefficient (Wildman–Crippen LogP) is 15.7. The minimum atomic E-state index is -0.237. The molecular weight excluding hydrogens is 1030 g/mol. The Hall–Kier alpha value is -8.94. The second kappa shape index (κ2) is 24.6. The van der Waals surface area contributed by atoms with Crippen molar-refractivity contribution >= 4 is 113 Å². The molecule has 420 valence electrons. The zero-order valence-electron chi connectivity index (χ0n) is 47.5. The number of imide groups is 2. The fourth-order valence-electron chi connectivity index (χ4n) is 12.4. The lowest BCUT2D eigenvalue weighted by Gasteiger charge is -2.27. The van der Waals surface area contributed by atoms with Crippen molar-refractivity contribution in [3.63, 3.8) is 0 Å². The van der Waals surface area contributed by atoms with E-state index in [0.717, 1.165) is 137 Å². The number of aromatic nitrogens is 2. The first-order valence-corrected chi connectivity index (χ1v) is 29.8. The average Bonchev–Trinajstić information content (AvgIpc) is 4.13. The maximum atomic E-state index is 13.4. The number of rotatable bonds is 26. The molecule has 10 aromatic rings. The molecule has 0 aliphatic carbocycles. The summed E-state index contributed by atoms with van der Waals surface area (Å²) in [4.78, 5) is 56.3. The Morgan fingerprint density at radius 1 is 0.386 bits per heavy atom. The number of nitrogens with zero attached hydrogens (tertiary/aromatic N) is 6. The molecule has 0 bridgehead atoms. The molecule has 0 radical (unpaired) electrons. The number of hydrazone groups is 2. The van der Waals surface area contributed by atoms with Crippen LogP contribution in [0.2, 0.25) is 0 Å². The van der Waals surface area contributed by atoms with E-state index < -0.39 is 0 Å². The normalized spacial score (nSPS) is 13.6. The van der Waals surface area contributed by atoms with Crippen molar-refractivity contribution in [3.05, 3.63) is 179 Å². The van der Waals surface area contributed by atoms with E-state index in [1.807, 2.05) is 61.0 Å². The highest BCUT2D eigenvalue weighted by Crippen LogP contribution is 2.38. The van der Waals surface area contributed by atoms with Gasteiger partial charge in [-0.3, -0.25) is 39.8 Å². The molecule has 2 aromatic heterocycles. The molecule has 83 heavy (non-hydrogen) atoms. The molecule has 2 aliphatic rings. The summed E-state index contributed by atoms with van der Waals surface area (Å²) in [6.07, 6.45) is 15.9. The van der Waals surface area contributed by atoms with Gasteiger partial charge in [0.05, 0.1) is 23.8 Å². The highest BCUT2D eigenvalue weighted by molar-refractivity contribution is 6.28. The molecule has 13 nitrogen and oxygen atoms in total. The highest BCUT2D eigenvalue weighted by Gasteiger charge is 2.34. The van der Waals surface area contributed by atoms with Gasteiger partial charge < -0.3 is 13.9 Å². The van der Waals surface area contributed by atoms with E-state index in [9.17, 15) is 19.2 Å². The standard InChI is InChI=1S/C70H70N8O5/c1-3-5-37-77-67(79)53-25-19-23-51-59(33-31-55(65(51)53)69(77)81)73-71-45-47-29-35-63-57(43-47)49-21-11-13-27-61(49)75(63)39-15-7-9-17-41-83-42-18-10-8-16-40-76-62-28-14-12-22-50(62)58-44-48(30-36-64(58)76)46-72-74-60-34-32-56-66-52(60)24-20-26-54(66)68(80)78(70(56)82)38-6-4-2/h11-14,19-36,43-46,73-74H,3-10,15-18,37-42H2,1-2H3/b71-45+,72-46+. The molecule has 8 aromatic carbocycles. The summed E-state index contributed by atoms with van der Waals surface area (Å²) >= 11 is 0. The maximum Gasteiger partial charge on any atom is 0.261 e. The summed E-state index contributed by atoms with van der Waals surface area (Å²) < 4.78 is 11.0. The van der Waals surface area contributed by atoms with Crippen LogP contribution in [-0.4, -0.2) is 81.3 Å². The van der Waals surface area contributed by atoms with E-state index >= 15 is 0 Å². The van der Waals surface area contributed by atoms with Gasteiger partial charge in [-0.05, 0) is 122 Å². The van der Waals surface area contributed by atoms with Crippen molar-refractivity contribution in [2.24, 2.45) is 10.2 Å². The molecule has 0 saturated heterocycles. The first-order chi connectivity index (χ1) is 40.8. The quantitative estimate of drug-likeness (QED) is 0.0238. The molecule has 2 N–H and O–H groups in total. The number of amides is 4. The van der Waals surface area contributed by atoms with Crippen molar-refractivity contribution in [1.29, 1.82) is 0 Å². The third-order valence-electron chi connectivity index (χ3n) is 16.7. The predicted molar refractivity (Wildman–Crippen MR) is 338 cm³/mol. The van der Waals surface area contributed by atoms with Gasteiger partial charge in [0.15, 0.2) is 0 Å². The summed E-state index contributed by atoms with van der Waals surface area (Å²) in [7, 11) is 0. The lowest BCUT2D eigenvalue weighted by Crippen LogP contribution is -2.40. The smallest absolute Gasteiger partial charge is 0.261 e. The molecule has 0 fully saturated rings. The minimum absolute atomic E-state index is 0.237. The molecule has 12 rings (SSSR count). The zero-order valence-corrected chi connectivity index (χ0v) is 47.5. The Labute approximate surface area is 483 Å². The van der Waals surface area contributed by atoms with Crippen LogP contribution >= 0.6 is 0 Å². The fraction of sp³-hybridized carbons (Fsp3) is 0.286. The molecule has 4 amide bonds. The van der Waals surface area contributed by atoms with Crippen LogP contribution in [-0.2, 0) is 17.8 Å². The average molecular weight is 1100 g/mol. The monoisotopic (exact) mass is 1100 g/mol. The van der Waals surface area contributed by atoms with Crippen LogP contribution in [0, 0.1) is 0 Å². The van der Waals surface area contributed by atoms with Gasteiger partial charge in [0.2, 0.25) is 0 Å². The lowest BCUT2D eigenvalue weighted by atomic mass is 9.93. The summed E-state index contributed by atoms with van der Waals surface area (Å²) in [6.45, 7) is 8.43. The summed E-state index contributed by atoms with van der Waals surface area (Å²) in [5, 5.41) is 17.1. The number of carbonyl (C=O) groups excluding carboxylic acids is 4. The van der Waals surface area contributed by atoms with E-state index in [-0.39, 0.29) is 23.6 Å². The maximum absolute atomic E-state index is 13.4. The van der Waals surface area contributed by atoms with E-state index in [1.165, 1.54) is 53.4 Å². The third kappa shape index (κ3) is 10.8. The van der Waals surface area contributed by atoms with E-state index in [1.54, 1.807) is 12.1 Å². The number of aryl methyl sites for hydroxylation is 2. The Morgan fingerprint density at radius 2 is 0.783 bits per heavy atom. The number of carbonyl (C=O) groups is 4. The first-order valence-electron chi connectivity index (χ1n) is 29.8. The van der Waals surface area contributed by atoms with Crippen molar-refractivity contribution in [2.45, 2.75) is 104 Å². The Kier molecular flexibility index (Phi) is 16.2. The highest BCUT2D eigenvalue weighted by atomic mass is 16.5. The van der Waals surface area contributed by atoms with Gasteiger partial charge in [-0.25, -0.2) is 0 Å². The first kappa shape index (κ1) is 54.6. The van der Waals surface area contributed by atoms with Crippen LogP contribution in [0.15, 0.2) is 156 Å². The zero-order chi connectivity index (χ0) is 56.8. The van der Waals surface area contributed by atoms with Crippen molar-refractivity contribution in [3.8, 4) is 0 Å². The molecule has 0 saturated carbocycles. The Balaban J connectivity index is 0.582. The van der Waals surface area contributed by atoms with Crippen LogP contribution in [0.1, 0.15) is 143 Å². The van der Waals surface area contributed by atoms with Gasteiger partial charge in [-0.1, -0.05) is 125 Å². The number of nitrogens with one attached hydrogen (secondary N) is 2. The molecule has 0 unspecified atom stereocenters. The van der Waals surface area contributed by atoms with Gasteiger partial charge in [0, 0.05) is 127 Å². The Morgan fingerprint density at radius 3 is 1.23 bits per heavy atom. The molecule has 4 heterocycles. The number of benzene rings is 8. The molecule has 0 atom stereocenters. The fourth-order valence-corrected chi connectivity index (χ4v) is 12.4. The second-order valence-corrected chi connectivity index (χ2v) is 22.1. The topological polar surface area (TPSA) is 143 Å². The van der Waals surface area contributed by atoms with Crippen molar-refractivity contribution in [2.75, 3.05) is 37.2 Å². The van der Waals surface area contributed by atoms with Gasteiger partial charge >= 0.3 is 0 Å². The van der Waals surface area contributed by atoms with Crippen molar-refractivity contribution in [1.82, 2.24) is 18.9 Å². The lowest BCUT2D eigenvalue weighted by molar-refractivity contribution is 0.0593. The number of hydrogen-bond acceptors (Lipinski definition) is 9. The SMILES string of the molecule is CCCCN1C(=O)c2cccc3c(N/N=C/c4ccc5c(c4)c4ccccc4n5CCCCCCOCCCCCCn4c5ccccc5c5cc(/C=N/Nc6ccc7c8c(cccc68)C(=O)N(CCCC)C7=O)ccc54)ccc(c23)C1=O. The summed E-state index contributed by atoms with van der Waals surface area (Å²) in [5.74, 6) is -0.947. The second-order valence-electron chi connectivity index (χ2n) is 22.1. The van der Waals surface area contributed by atoms with Gasteiger partial charge in [-0.15, -0.1) is 0 Å². The number of ether oxygens (including phenoxy) is 1. The molecule has 2 aliphatic heterocycles. The van der Waals surface area contributed by atoms with E-state index in [0.29, 0.717) is 46.1 Å². The van der Waals surface area contributed by atoms with Gasteiger partial charge in [0.1, 0.15) is 0 Å². The van der Waals surface area contributed by atoms with E-state index in [4.69, 9.17) is 4.74 Å². The van der Waals surface area contributed by atoms with Gasteiger partial charge in [-0.2, -0.15) is 10.2 Å². The number of fused-ring (bicyclic) bond motifs is 6. The summed E-state index contributed by atoms with van der Waals surface area (Å²) in [5.41, 5.74) is 16.9. The minimum Gasteiger partial charge on any atom is -0.381 e. The molecule has 13 heteroatoms. The van der Waals surface area contributed by atoms with Crippen LogP contribution in [0.25, 0.3) is 65.2 Å². The number of anilines is 2. The number of para-hydroxylation sites is 2. The number of hydrogen-bond donors (Lipinski definition) is 2. The van der Waals surface area contributed by atoms with Crippen LogP contribution in [0.3, 0.4) is 0 Å². The van der Waals surface area contributed by atoms with Crippen LogP contribution < -0.4 is 10.9 Å².